The zero-order chi connectivity index (χ0) is 16.8. The zero-order valence-corrected chi connectivity index (χ0v) is 14.6. The van der Waals surface area contributed by atoms with E-state index in [-0.39, 0.29) is 0 Å². The summed E-state index contributed by atoms with van der Waals surface area (Å²) in [5.74, 6) is 0. The van der Waals surface area contributed by atoms with E-state index in [0.717, 1.165) is 50.3 Å². The predicted octanol–water partition coefficient (Wildman–Crippen LogP) is 4.51. The highest BCUT2D eigenvalue weighted by Gasteiger charge is 2.21. The van der Waals surface area contributed by atoms with Crippen molar-refractivity contribution in [1.82, 2.24) is 15.0 Å². The number of hydrazone groups is 1. The fourth-order valence-corrected chi connectivity index (χ4v) is 3.95. The summed E-state index contributed by atoms with van der Waals surface area (Å²) in [6.45, 7) is 0.793. The van der Waals surface area contributed by atoms with Crippen molar-refractivity contribution in [3.8, 4) is 0 Å². The van der Waals surface area contributed by atoms with Crippen molar-refractivity contribution in [1.29, 1.82) is 0 Å². The molecule has 1 aliphatic heterocycles. The van der Waals surface area contributed by atoms with Crippen LogP contribution in [-0.2, 0) is 0 Å². The highest BCUT2D eigenvalue weighted by molar-refractivity contribution is 7.21. The first kappa shape index (κ1) is 14.7. The van der Waals surface area contributed by atoms with E-state index in [1.807, 2.05) is 53.5 Å². The molecule has 0 N–H and O–H groups in total. The van der Waals surface area contributed by atoms with Gasteiger partial charge in [0.1, 0.15) is 0 Å². The van der Waals surface area contributed by atoms with Gasteiger partial charge in [-0.05, 0) is 29.8 Å². The molecule has 122 valence electrons. The summed E-state index contributed by atoms with van der Waals surface area (Å²) in [7, 11) is 0. The number of aromatic nitrogens is 3. The van der Waals surface area contributed by atoms with Gasteiger partial charge in [-0.15, -0.1) is 0 Å². The molecular weight excluding hydrogens is 354 g/mol. The standard InChI is InChI=1S/C18H12ClN5S/c19-12-5-3-4-11(10-12)13-8-9-24(23-13)18-22-16-17(25-18)21-15-7-2-1-6-14(15)20-16/h1-7,10H,8-9H2. The Hall–Kier alpha value is -2.57. The molecule has 1 aliphatic rings. The van der Waals surface area contributed by atoms with E-state index in [2.05, 4.69) is 15.0 Å². The Labute approximate surface area is 152 Å². The molecule has 0 aliphatic carbocycles. The highest BCUT2D eigenvalue weighted by Crippen LogP contribution is 2.30. The van der Waals surface area contributed by atoms with Crippen LogP contribution in [0.4, 0.5) is 5.13 Å². The Balaban J connectivity index is 1.54. The van der Waals surface area contributed by atoms with Gasteiger partial charge in [-0.25, -0.2) is 15.0 Å². The minimum absolute atomic E-state index is 0.671. The lowest BCUT2D eigenvalue weighted by molar-refractivity contribution is 0.915. The largest absolute Gasteiger partial charge is 0.238 e. The Kier molecular flexibility index (Phi) is 3.39. The maximum absolute atomic E-state index is 6.09. The van der Waals surface area contributed by atoms with Crippen LogP contribution in [-0.4, -0.2) is 27.2 Å². The first-order valence-corrected chi connectivity index (χ1v) is 9.10. The molecule has 0 radical (unpaired) electrons. The third-order valence-corrected chi connectivity index (χ3v) is 5.28. The number of hydrogen-bond donors (Lipinski definition) is 0. The summed E-state index contributed by atoms with van der Waals surface area (Å²) >= 11 is 7.60. The second-order valence-corrected chi connectivity index (χ2v) is 7.16. The van der Waals surface area contributed by atoms with Gasteiger partial charge in [-0.3, -0.25) is 0 Å². The highest BCUT2D eigenvalue weighted by atomic mass is 35.5. The minimum Gasteiger partial charge on any atom is -0.238 e. The predicted molar refractivity (Wildman–Crippen MR) is 103 cm³/mol. The van der Waals surface area contributed by atoms with Gasteiger partial charge in [0.15, 0.2) is 10.5 Å². The van der Waals surface area contributed by atoms with Crippen molar-refractivity contribution in [2.24, 2.45) is 5.10 Å². The molecule has 5 rings (SSSR count). The van der Waals surface area contributed by atoms with Crippen molar-refractivity contribution in [2.45, 2.75) is 6.42 Å². The van der Waals surface area contributed by atoms with Crippen LogP contribution in [0.15, 0.2) is 53.6 Å². The van der Waals surface area contributed by atoms with E-state index in [4.69, 9.17) is 16.7 Å². The van der Waals surface area contributed by atoms with Crippen LogP contribution in [0.25, 0.3) is 21.5 Å². The van der Waals surface area contributed by atoms with E-state index >= 15 is 0 Å². The van der Waals surface area contributed by atoms with Crippen LogP contribution in [0.3, 0.4) is 0 Å². The maximum atomic E-state index is 6.09. The quantitative estimate of drug-likeness (QED) is 0.524. The maximum Gasteiger partial charge on any atom is 0.210 e. The molecule has 0 saturated heterocycles. The van der Waals surface area contributed by atoms with Gasteiger partial charge in [0.25, 0.3) is 0 Å². The van der Waals surface area contributed by atoms with Gasteiger partial charge in [0.2, 0.25) is 5.13 Å². The fourth-order valence-electron chi connectivity index (χ4n) is 2.89. The van der Waals surface area contributed by atoms with Gasteiger partial charge in [-0.1, -0.05) is 47.2 Å². The molecule has 3 heterocycles. The number of rotatable bonds is 2. The van der Waals surface area contributed by atoms with E-state index in [1.54, 1.807) is 0 Å². The normalized spacial score (nSPS) is 14.4. The number of para-hydroxylation sites is 2. The van der Waals surface area contributed by atoms with Gasteiger partial charge >= 0.3 is 0 Å². The summed E-state index contributed by atoms with van der Waals surface area (Å²) in [4.78, 5) is 14.7. The molecule has 2 aromatic heterocycles. The minimum atomic E-state index is 0.671. The monoisotopic (exact) mass is 365 g/mol. The lowest BCUT2D eigenvalue weighted by atomic mass is 10.1. The molecule has 2 aromatic carbocycles. The third-order valence-electron chi connectivity index (χ3n) is 4.09. The number of fused-ring (bicyclic) bond motifs is 2. The number of hydrogen-bond acceptors (Lipinski definition) is 6. The van der Waals surface area contributed by atoms with E-state index in [9.17, 15) is 0 Å². The number of thiazole rings is 1. The molecule has 5 nitrogen and oxygen atoms in total. The molecule has 0 amide bonds. The van der Waals surface area contributed by atoms with Crippen LogP contribution < -0.4 is 5.01 Å². The van der Waals surface area contributed by atoms with E-state index in [0.29, 0.717) is 5.65 Å². The van der Waals surface area contributed by atoms with Gasteiger partial charge in [-0.2, -0.15) is 10.1 Å². The van der Waals surface area contributed by atoms with Crippen molar-refractivity contribution in [2.75, 3.05) is 11.6 Å². The van der Waals surface area contributed by atoms with Crippen molar-refractivity contribution in [3.05, 3.63) is 59.1 Å². The van der Waals surface area contributed by atoms with Crippen LogP contribution in [0, 0.1) is 0 Å². The van der Waals surface area contributed by atoms with Crippen LogP contribution in [0.5, 0.6) is 0 Å². The molecule has 0 atom stereocenters. The van der Waals surface area contributed by atoms with Gasteiger partial charge < -0.3 is 0 Å². The average Bonchev–Trinajstić information content (AvgIpc) is 3.26. The summed E-state index contributed by atoms with van der Waals surface area (Å²) in [5.41, 5.74) is 4.49. The smallest absolute Gasteiger partial charge is 0.210 e. The topological polar surface area (TPSA) is 54.3 Å². The van der Waals surface area contributed by atoms with Crippen molar-refractivity contribution < 1.29 is 0 Å². The van der Waals surface area contributed by atoms with Gasteiger partial charge in [0.05, 0.1) is 16.7 Å². The average molecular weight is 366 g/mol. The summed E-state index contributed by atoms with van der Waals surface area (Å²) in [6.07, 6.45) is 0.860. The Morgan fingerprint density at radius 2 is 1.80 bits per heavy atom. The molecule has 25 heavy (non-hydrogen) atoms. The van der Waals surface area contributed by atoms with Crippen LogP contribution >= 0.6 is 22.9 Å². The van der Waals surface area contributed by atoms with Crippen molar-refractivity contribution >= 4 is 55.3 Å². The SMILES string of the molecule is Clc1cccc(C2=NN(c3nc4nc5ccccc5nc4s3)CC2)c1. The third kappa shape index (κ3) is 2.63. The Bertz CT molecular complexity index is 1080. The summed E-state index contributed by atoms with van der Waals surface area (Å²) in [5, 5.41) is 8.19. The molecule has 0 fully saturated rings. The molecule has 4 aromatic rings. The Morgan fingerprint density at radius 1 is 0.960 bits per heavy atom. The molecule has 0 spiro atoms. The number of benzene rings is 2. The van der Waals surface area contributed by atoms with Crippen LogP contribution in [0.2, 0.25) is 5.02 Å². The van der Waals surface area contributed by atoms with Gasteiger partial charge in [0, 0.05) is 18.0 Å². The molecule has 0 saturated carbocycles. The number of nitrogens with zero attached hydrogens (tertiary/aromatic N) is 5. The summed E-state index contributed by atoms with van der Waals surface area (Å²) in [6, 6.07) is 15.6. The zero-order valence-electron chi connectivity index (χ0n) is 13.1. The molecule has 0 bridgehead atoms. The lowest BCUT2D eigenvalue weighted by Gasteiger charge is -2.07. The number of halogens is 1. The van der Waals surface area contributed by atoms with Crippen LogP contribution in [0.1, 0.15) is 12.0 Å². The molecular formula is C18H12ClN5S. The fraction of sp³-hybridized carbons (Fsp3) is 0.111. The van der Waals surface area contributed by atoms with Crippen molar-refractivity contribution in [3.63, 3.8) is 0 Å². The lowest BCUT2D eigenvalue weighted by Crippen LogP contribution is -2.11. The first-order valence-electron chi connectivity index (χ1n) is 7.90. The second kappa shape index (κ2) is 5.75. The first-order chi connectivity index (χ1) is 12.3. The Morgan fingerprint density at radius 3 is 2.64 bits per heavy atom. The molecule has 7 heteroatoms. The second-order valence-electron chi connectivity index (χ2n) is 5.77. The molecule has 0 unspecified atom stereocenters. The van der Waals surface area contributed by atoms with E-state index < -0.39 is 0 Å². The van der Waals surface area contributed by atoms with E-state index in [1.165, 1.54) is 11.3 Å². The summed E-state index contributed by atoms with van der Waals surface area (Å²) < 4.78 is 0. The number of anilines is 1.